The maximum atomic E-state index is 5.90. The third-order valence-corrected chi connectivity index (χ3v) is 2.74. The van der Waals surface area contributed by atoms with Gasteiger partial charge in [0, 0.05) is 18.5 Å². The van der Waals surface area contributed by atoms with Crippen molar-refractivity contribution in [2.24, 2.45) is 0 Å². The van der Waals surface area contributed by atoms with Crippen molar-refractivity contribution in [1.82, 2.24) is 10.3 Å². The predicted octanol–water partition coefficient (Wildman–Crippen LogP) is 2.05. The standard InChI is InChI=1S/C8H11ClN2S/c1-10-5-6-12-8-7(9)3-2-4-11-8/h2-4,10H,5-6H2,1H3. The smallest absolute Gasteiger partial charge is 0.115 e. The first kappa shape index (κ1) is 9.84. The highest BCUT2D eigenvalue weighted by Gasteiger charge is 1.99. The van der Waals surface area contributed by atoms with Crippen LogP contribution in [0.5, 0.6) is 0 Å². The molecule has 2 nitrogen and oxygen atoms in total. The van der Waals surface area contributed by atoms with Crippen LogP contribution >= 0.6 is 23.4 Å². The third-order valence-electron chi connectivity index (χ3n) is 1.32. The van der Waals surface area contributed by atoms with E-state index in [2.05, 4.69) is 10.3 Å². The fourth-order valence-electron chi connectivity index (χ4n) is 0.727. The number of halogens is 1. The van der Waals surface area contributed by atoms with Crippen molar-refractivity contribution in [2.75, 3.05) is 19.3 Å². The van der Waals surface area contributed by atoms with E-state index in [4.69, 9.17) is 11.6 Å². The Hall–Kier alpha value is -0.250. The molecule has 0 spiro atoms. The van der Waals surface area contributed by atoms with Gasteiger partial charge in [-0.1, -0.05) is 11.6 Å². The minimum atomic E-state index is 0.735. The van der Waals surface area contributed by atoms with E-state index in [1.54, 1.807) is 18.0 Å². The molecule has 0 saturated carbocycles. The molecule has 0 amide bonds. The maximum absolute atomic E-state index is 5.90. The van der Waals surface area contributed by atoms with Crippen molar-refractivity contribution in [1.29, 1.82) is 0 Å². The van der Waals surface area contributed by atoms with Gasteiger partial charge in [0.25, 0.3) is 0 Å². The lowest BCUT2D eigenvalue weighted by atomic mass is 10.5. The number of rotatable bonds is 4. The summed E-state index contributed by atoms with van der Waals surface area (Å²) in [5, 5.41) is 4.71. The highest BCUT2D eigenvalue weighted by molar-refractivity contribution is 7.99. The Morgan fingerprint density at radius 2 is 2.50 bits per heavy atom. The summed E-state index contributed by atoms with van der Waals surface area (Å²) in [5.74, 6) is 0.993. The second-order valence-corrected chi connectivity index (χ2v) is 3.73. The van der Waals surface area contributed by atoms with Crippen LogP contribution in [0.2, 0.25) is 5.02 Å². The first-order chi connectivity index (χ1) is 5.84. The second kappa shape index (κ2) is 5.41. The molecule has 4 heteroatoms. The summed E-state index contributed by atoms with van der Waals surface area (Å²) < 4.78 is 0. The molecule has 66 valence electrons. The number of pyridine rings is 1. The lowest BCUT2D eigenvalue weighted by Gasteiger charge is -2.01. The molecule has 12 heavy (non-hydrogen) atoms. The lowest BCUT2D eigenvalue weighted by Crippen LogP contribution is -2.09. The number of aromatic nitrogens is 1. The van der Waals surface area contributed by atoms with Crippen LogP contribution in [-0.2, 0) is 0 Å². The number of hydrogen-bond acceptors (Lipinski definition) is 3. The number of nitrogens with zero attached hydrogens (tertiary/aromatic N) is 1. The van der Waals surface area contributed by atoms with Gasteiger partial charge in [-0.05, 0) is 19.2 Å². The van der Waals surface area contributed by atoms with Gasteiger partial charge in [-0.2, -0.15) is 0 Å². The van der Waals surface area contributed by atoms with Crippen LogP contribution in [0.1, 0.15) is 0 Å². The minimum Gasteiger partial charge on any atom is -0.319 e. The van der Waals surface area contributed by atoms with E-state index in [0.717, 1.165) is 22.3 Å². The monoisotopic (exact) mass is 202 g/mol. The van der Waals surface area contributed by atoms with Gasteiger partial charge in [0.05, 0.1) is 5.02 Å². The van der Waals surface area contributed by atoms with Gasteiger partial charge in [0.2, 0.25) is 0 Å². The first-order valence-electron chi connectivity index (χ1n) is 3.72. The molecule has 0 unspecified atom stereocenters. The normalized spacial score (nSPS) is 10.2. The molecule has 0 aromatic carbocycles. The Morgan fingerprint density at radius 3 is 3.17 bits per heavy atom. The Labute approximate surface area is 81.7 Å². The van der Waals surface area contributed by atoms with Crippen LogP contribution < -0.4 is 5.32 Å². The fourth-order valence-corrected chi connectivity index (χ4v) is 1.85. The van der Waals surface area contributed by atoms with E-state index in [1.807, 2.05) is 19.2 Å². The van der Waals surface area contributed by atoms with Gasteiger partial charge in [0.1, 0.15) is 5.03 Å². The average molecular weight is 203 g/mol. The molecule has 0 atom stereocenters. The summed E-state index contributed by atoms with van der Waals surface area (Å²) in [6.45, 7) is 0.970. The van der Waals surface area contributed by atoms with Crippen LogP contribution in [-0.4, -0.2) is 24.3 Å². The van der Waals surface area contributed by atoms with E-state index >= 15 is 0 Å². The quantitative estimate of drug-likeness (QED) is 0.598. The van der Waals surface area contributed by atoms with Crippen LogP contribution in [0.3, 0.4) is 0 Å². The van der Waals surface area contributed by atoms with Crippen molar-refractivity contribution >= 4 is 23.4 Å². The average Bonchev–Trinajstić information content (AvgIpc) is 2.09. The van der Waals surface area contributed by atoms with Crippen molar-refractivity contribution in [2.45, 2.75) is 5.03 Å². The van der Waals surface area contributed by atoms with Gasteiger partial charge in [-0.15, -0.1) is 11.8 Å². The Balaban J connectivity index is 2.46. The van der Waals surface area contributed by atoms with Gasteiger partial charge in [-0.3, -0.25) is 0 Å². The van der Waals surface area contributed by atoms with E-state index in [9.17, 15) is 0 Å². The Morgan fingerprint density at radius 1 is 1.67 bits per heavy atom. The summed E-state index contributed by atoms with van der Waals surface area (Å²) in [4.78, 5) is 4.15. The molecule has 0 radical (unpaired) electrons. The number of thioether (sulfide) groups is 1. The molecule has 0 bridgehead atoms. The Bertz CT molecular complexity index is 242. The number of hydrogen-bond donors (Lipinski definition) is 1. The minimum absolute atomic E-state index is 0.735. The molecule has 1 N–H and O–H groups in total. The van der Waals surface area contributed by atoms with Gasteiger partial charge >= 0.3 is 0 Å². The fraction of sp³-hybridized carbons (Fsp3) is 0.375. The van der Waals surface area contributed by atoms with Crippen molar-refractivity contribution in [3.63, 3.8) is 0 Å². The molecule has 0 fully saturated rings. The molecule has 1 heterocycles. The molecule has 1 aromatic rings. The van der Waals surface area contributed by atoms with Gasteiger partial charge < -0.3 is 5.32 Å². The zero-order valence-electron chi connectivity index (χ0n) is 6.88. The predicted molar refractivity (Wildman–Crippen MR) is 53.9 cm³/mol. The van der Waals surface area contributed by atoms with E-state index in [1.165, 1.54) is 0 Å². The van der Waals surface area contributed by atoms with E-state index in [-0.39, 0.29) is 0 Å². The summed E-state index contributed by atoms with van der Waals surface area (Å²) in [7, 11) is 1.93. The number of nitrogens with one attached hydrogen (secondary N) is 1. The largest absolute Gasteiger partial charge is 0.319 e. The highest BCUT2D eigenvalue weighted by Crippen LogP contribution is 2.23. The zero-order valence-corrected chi connectivity index (χ0v) is 8.45. The van der Waals surface area contributed by atoms with Gasteiger partial charge in [0.15, 0.2) is 0 Å². The highest BCUT2D eigenvalue weighted by atomic mass is 35.5. The van der Waals surface area contributed by atoms with E-state index in [0.29, 0.717) is 0 Å². The molecule has 0 aliphatic carbocycles. The summed E-state index contributed by atoms with van der Waals surface area (Å²) >= 11 is 7.57. The maximum Gasteiger partial charge on any atom is 0.115 e. The molecule has 1 rings (SSSR count). The summed E-state index contributed by atoms with van der Waals surface area (Å²) in [5.41, 5.74) is 0. The molecular formula is C8H11ClN2S. The third kappa shape index (κ3) is 3.01. The summed E-state index contributed by atoms with van der Waals surface area (Å²) in [6.07, 6.45) is 1.76. The second-order valence-electron chi connectivity index (χ2n) is 2.24. The lowest BCUT2D eigenvalue weighted by molar-refractivity contribution is 0.871. The topological polar surface area (TPSA) is 24.9 Å². The van der Waals surface area contributed by atoms with Crippen LogP contribution in [0.15, 0.2) is 23.4 Å². The van der Waals surface area contributed by atoms with Crippen LogP contribution in [0.4, 0.5) is 0 Å². The summed E-state index contributed by atoms with van der Waals surface area (Å²) in [6, 6.07) is 3.70. The van der Waals surface area contributed by atoms with E-state index < -0.39 is 0 Å². The van der Waals surface area contributed by atoms with Crippen LogP contribution in [0, 0.1) is 0 Å². The molecule has 0 saturated heterocycles. The van der Waals surface area contributed by atoms with Crippen molar-refractivity contribution in [3.05, 3.63) is 23.4 Å². The molecule has 0 aliphatic rings. The first-order valence-corrected chi connectivity index (χ1v) is 5.09. The molecular weight excluding hydrogens is 192 g/mol. The Kier molecular flexibility index (Phi) is 4.43. The molecule has 0 aliphatic heterocycles. The molecule has 1 aromatic heterocycles. The van der Waals surface area contributed by atoms with Crippen molar-refractivity contribution in [3.8, 4) is 0 Å². The van der Waals surface area contributed by atoms with Crippen LogP contribution in [0.25, 0.3) is 0 Å². The van der Waals surface area contributed by atoms with Crippen molar-refractivity contribution < 1.29 is 0 Å². The van der Waals surface area contributed by atoms with Gasteiger partial charge in [-0.25, -0.2) is 4.98 Å². The zero-order chi connectivity index (χ0) is 8.81. The SMILES string of the molecule is CNCCSc1ncccc1Cl.